The number of hydrogen-bond acceptors (Lipinski definition) is 1. The van der Waals surface area contributed by atoms with Gasteiger partial charge in [0.25, 0.3) is 0 Å². The van der Waals surface area contributed by atoms with E-state index in [4.69, 9.17) is 23.2 Å². The number of hydrogen-bond donors (Lipinski definition) is 1. The number of halogens is 2. The standard InChI is InChI=1S/C18H21Cl2NO/c1-11(2)14-9-10-15(17(19)20)16(14)18(22)21-12(3)13-7-5-4-6-8-13/h4-10,12,15-17H,1-3H3,(H,21,22). The normalized spacial score (nSPS) is 22.0. The van der Waals surface area contributed by atoms with E-state index in [9.17, 15) is 4.79 Å². The quantitative estimate of drug-likeness (QED) is 0.785. The molecule has 3 atom stereocenters. The summed E-state index contributed by atoms with van der Waals surface area (Å²) >= 11 is 12.1. The third kappa shape index (κ3) is 3.74. The average molecular weight is 338 g/mol. The van der Waals surface area contributed by atoms with Crippen molar-refractivity contribution in [3.8, 4) is 0 Å². The van der Waals surface area contributed by atoms with Crippen LogP contribution in [0.15, 0.2) is 53.6 Å². The third-order valence-corrected chi connectivity index (χ3v) is 4.61. The van der Waals surface area contributed by atoms with Crippen LogP contribution in [0.25, 0.3) is 0 Å². The summed E-state index contributed by atoms with van der Waals surface area (Å²) in [6.45, 7) is 5.98. The maximum Gasteiger partial charge on any atom is 0.228 e. The van der Waals surface area contributed by atoms with Crippen LogP contribution in [0.2, 0.25) is 0 Å². The number of benzene rings is 1. The molecule has 1 N–H and O–H groups in total. The van der Waals surface area contributed by atoms with Gasteiger partial charge in [-0.1, -0.05) is 48.1 Å². The van der Waals surface area contributed by atoms with Gasteiger partial charge in [-0.2, -0.15) is 0 Å². The zero-order valence-corrected chi connectivity index (χ0v) is 14.5. The van der Waals surface area contributed by atoms with Gasteiger partial charge >= 0.3 is 0 Å². The van der Waals surface area contributed by atoms with Gasteiger partial charge in [0.2, 0.25) is 5.91 Å². The van der Waals surface area contributed by atoms with Gasteiger partial charge in [0.1, 0.15) is 4.84 Å². The zero-order valence-electron chi connectivity index (χ0n) is 13.0. The van der Waals surface area contributed by atoms with Crippen molar-refractivity contribution in [2.75, 3.05) is 0 Å². The molecule has 22 heavy (non-hydrogen) atoms. The smallest absolute Gasteiger partial charge is 0.228 e. The molecule has 2 rings (SSSR count). The topological polar surface area (TPSA) is 29.1 Å². The van der Waals surface area contributed by atoms with Crippen LogP contribution in [0.1, 0.15) is 32.4 Å². The van der Waals surface area contributed by atoms with Crippen LogP contribution in [-0.2, 0) is 4.79 Å². The van der Waals surface area contributed by atoms with E-state index in [2.05, 4.69) is 5.32 Å². The lowest BCUT2D eigenvalue weighted by Gasteiger charge is -2.24. The highest BCUT2D eigenvalue weighted by Gasteiger charge is 2.37. The molecule has 0 bridgehead atoms. The number of nitrogens with one attached hydrogen (secondary N) is 1. The summed E-state index contributed by atoms with van der Waals surface area (Å²) < 4.78 is 0. The van der Waals surface area contributed by atoms with Gasteiger partial charge < -0.3 is 5.32 Å². The van der Waals surface area contributed by atoms with Crippen molar-refractivity contribution in [2.45, 2.75) is 31.6 Å². The predicted octanol–water partition coefficient (Wildman–Crippen LogP) is 4.81. The van der Waals surface area contributed by atoms with Crippen LogP contribution < -0.4 is 5.32 Å². The van der Waals surface area contributed by atoms with Crippen LogP contribution in [0, 0.1) is 11.8 Å². The minimum absolute atomic E-state index is 0.0335. The van der Waals surface area contributed by atoms with Crippen molar-refractivity contribution < 1.29 is 4.79 Å². The van der Waals surface area contributed by atoms with Crippen molar-refractivity contribution in [3.05, 3.63) is 59.2 Å². The van der Waals surface area contributed by atoms with Crippen LogP contribution in [0.5, 0.6) is 0 Å². The predicted molar refractivity (Wildman–Crippen MR) is 93.0 cm³/mol. The summed E-state index contributed by atoms with van der Waals surface area (Å²) in [6.07, 6.45) is 3.90. The van der Waals surface area contributed by atoms with Crippen LogP contribution in [0.3, 0.4) is 0 Å². The molecule has 1 aliphatic carbocycles. The molecule has 0 radical (unpaired) electrons. The van der Waals surface area contributed by atoms with Crippen LogP contribution in [0.4, 0.5) is 0 Å². The molecule has 0 spiro atoms. The molecular weight excluding hydrogens is 317 g/mol. The van der Waals surface area contributed by atoms with Crippen LogP contribution >= 0.6 is 23.2 Å². The molecule has 1 aromatic rings. The fourth-order valence-corrected chi connectivity index (χ4v) is 3.25. The molecule has 0 heterocycles. The molecular formula is C18H21Cl2NO. The Morgan fingerprint density at radius 3 is 2.36 bits per heavy atom. The first-order valence-corrected chi connectivity index (χ1v) is 8.28. The molecule has 3 unspecified atom stereocenters. The third-order valence-electron chi connectivity index (χ3n) is 4.03. The Bertz CT molecular complexity index is 588. The lowest BCUT2D eigenvalue weighted by atomic mass is 9.89. The lowest BCUT2D eigenvalue weighted by Crippen LogP contribution is -2.37. The highest BCUT2D eigenvalue weighted by Crippen LogP contribution is 2.38. The monoisotopic (exact) mass is 337 g/mol. The van der Waals surface area contributed by atoms with Crippen LogP contribution in [-0.4, -0.2) is 10.7 Å². The SMILES string of the molecule is CC(C)=C1C=CC(C(Cl)Cl)C1C(=O)NC(C)c1ccccc1. The van der Waals surface area contributed by atoms with Gasteiger partial charge in [-0.15, -0.1) is 23.2 Å². The maximum atomic E-state index is 12.8. The van der Waals surface area contributed by atoms with Gasteiger partial charge in [-0.3, -0.25) is 4.79 Å². The molecule has 4 heteroatoms. The molecule has 0 aromatic heterocycles. The molecule has 0 saturated heterocycles. The van der Waals surface area contributed by atoms with E-state index in [-0.39, 0.29) is 23.8 Å². The molecule has 1 aliphatic rings. The number of alkyl halides is 2. The first-order chi connectivity index (χ1) is 10.4. The molecule has 2 nitrogen and oxygen atoms in total. The van der Waals surface area contributed by atoms with E-state index in [0.29, 0.717) is 0 Å². The molecule has 0 aliphatic heterocycles. The molecule has 0 fully saturated rings. The lowest BCUT2D eigenvalue weighted by molar-refractivity contribution is -0.125. The molecule has 1 aromatic carbocycles. The Labute approximate surface area is 142 Å². The van der Waals surface area contributed by atoms with E-state index in [0.717, 1.165) is 16.7 Å². The average Bonchev–Trinajstić information content (AvgIpc) is 2.93. The minimum atomic E-state index is -0.601. The van der Waals surface area contributed by atoms with Crippen molar-refractivity contribution in [2.24, 2.45) is 11.8 Å². The van der Waals surface area contributed by atoms with Crippen molar-refractivity contribution >= 4 is 29.1 Å². The number of carbonyl (C=O) groups excluding carboxylic acids is 1. The van der Waals surface area contributed by atoms with Crippen molar-refractivity contribution in [1.29, 1.82) is 0 Å². The number of allylic oxidation sites excluding steroid dienone is 3. The Morgan fingerprint density at radius 1 is 1.18 bits per heavy atom. The van der Waals surface area contributed by atoms with E-state index < -0.39 is 4.84 Å². The van der Waals surface area contributed by atoms with Gasteiger partial charge in [-0.05, 0) is 31.9 Å². The van der Waals surface area contributed by atoms with E-state index in [1.54, 1.807) is 0 Å². The summed E-state index contributed by atoms with van der Waals surface area (Å²) in [6, 6.07) is 9.84. The van der Waals surface area contributed by atoms with Crippen molar-refractivity contribution in [1.82, 2.24) is 5.32 Å². The highest BCUT2D eigenvalue weighted by molar-refractivity contribution is 6.44. The van der Waals surface area contributed by atoms with Gasteiger partial charge in [-0.25, -0.2) is 0 Å². The van der Waals surface area contributed by atoms with E-state index >= 15 is 0 Å². The fourth-order valence-electron chi connectivity index (χ4n) is 2.79. The Balaban J connectivity index is 2.18. The minimum Gasteiger partial charge on any atom is -0.349 e. The van der Waals surface area contributed by atoms with Gasteiger partial charge in [0.05, 0.1) is 12.0 Å². The highest BCUT2D eigenvalue weighted by atomic mass is 35.5. The second-order valence-electron chi connectivity index (χ2n) is 5.84. The second-order valence-corrected chi connectivity index (χ2v) is 7.01. The number of amides is 1. The first kappa shape index (κ1) is 17.1. The second kappa shape index (κ2) is 7.34. The Kier molecular flexibility index (Phi) is 5.71. The van der Waals surface area contributed by atoms with Gasteiger partial charge in [0, 0.05) is 5.92 Å². The zero-order chi connectivity index (χ0) is 16.3. The molecule has 118 valence electrons. The Hall–Kier alpha value is -1.25. The first-order valence-electron chi connectivity index (χ1n) is 7.41. The summed E-state index contributed by atoms with van der Waals surface area (Å²) in [5, 5.41) is 3.08. The largest absolute Gasteiger partial charge is 0.349 e. The summed E-state index contributed by atoms with van der Waals surface area (Å²) in [5.74, 6) is -0.541. The number of carbonyl (C=O) groups is 1. The Morgan fingerprint density at radius 2 is 1.82 bits per heavy atom. The summed E-state index contributed by atoms with van der Waals surface area (Å²) in [5.41, 5.74) is 3.19. The molecule has 0 saturated carbocycles. The van der Waals surface area contributed by atoms with E-state index in [1.807, 2.05) is 63.3 Å². The maximum absolute atomic E-state index is 12.8. The van der Waals surface area contributed by atoms with Crippen molar-refractivity contribution in [3.63, 3.8) is 0 Å². The summed E-state index contributed by atoms with van der Waals surface area (Å²) in [4.78, 5) is 12.2. The molecule has 1 amide bonds. The number of rotatable bonds is 4. The fraction of sp³-hybridized carbons (Fsp3) is 0.389. The van der Waals surface area contributed by atoms with E-state index in [1.165, 1.54) is 0 Å². The summed E-state index contributed by atoms with van der Waals surface area (Å²) in [7, 11) is 0. The van der Waals surface area contributed by atoms with Gasteiger partial charge in [0.15, 0.2) is 0 Å².